The molecular weight excluding hydrogens is 340 g/mol. The molecule has 0 heterocycles. The highest BCUT2D eigenvalue weighted by molar-refractivity contribution is 7.92. The third-order valence-corrected chi connectivity index (χ3v) is 4.98. The summed E-state index contributed by atoms with van der Waals surface area (Å²) in [5.41, 5.74) is 2.09. The lowest BCUT2D eigenvalue weighted by Crippen LogP contribution is -2.45. The molecule has 0 fully saturated rings. The SMILES string of the molecule is COc1ccc(N([C@H](C)C(=O)Nc2ccc(C)cc2)S(C)(=O)=O)cc1. The first-order chi connectivity index (χ1) is 11.7. The lowest BCUT2D eigenvalue weighted by atomic mass is 10.2. The second-order valence-corrected chi connectivity index (χ2v) is 7.65. The van der Waals surface area contributed by atoms with E-state index in [1.807, 2.05) is 19.1 Å². The van der Waals surface area contributed by atoms with Crippen molar-refractivity contribution in [1.29, 1.82) is 0 Å². The van der Waals surface area contributed by atoms with Crippen molar-refractivity contribution in [2.24, 2.45) is 0 Å². The second-order valence-electron chi connectivity index (χ2n) is 5.79. The van der Waals surface area contributed by atoms with Crippen LogP contribution in [-0.2, 0) is 14.8 Å². The van der Waals surface area contributed by atoms with E-state index in [0.29, 0.717) is 17.1 Å². The van der Waals surface area contributed by atoms with Gasteiger partial charge in [0.1, 0.15) is 11.8 Å². The van der Waals surface area contributed by atoms with Gasteiger partial charge < -0.3 is 10.1 Å². The number of benzene rings is 2. The Morgan fingerprint density at radius 2 is 1.64 bits per heavy atom. The summed E-state index contributed by atoms with van der Waals surface area (Å²) in [6, 6.07) is 12.9. The molecule has 0 saturated carbocycles. The molecule has 2 aromatic rings. The molecule has 0 aliphatic heterocycles. The zero-order chi connectivity index (χ0) is 18.6. The Morgan fingerprint density at radius 1 is 1.08 bits per heavy atom. The van der Waals surface area contributed by atoms with Crippen molar-refractivity contribution < 1.29 is 17.9 Å². The first-order valence-electron chi connectivity index (χ1n) is 7.73. The maximum Gasteiger partial charge on any atom is 0.247 e. The zero-order valence-corrected chi connectivity index (χ0v) is 15.5. The Kier molecular flexibility index (Phi) is 5.69. The minimum atomic E-state index is -3.65. The summed E-state index contributed by atoms with van der Waals surface area (Å²) in [5.74, 6) is 0.194. The fourth-order valence-electron chi connectivity index (χ4n) is 2.42. The van der Waals surface area contributed by atoms with E-state index in [4.69, 9.17) is 4.74 Å². The van der Waals surface area contributed by atoms with Gasteiger partial charge in [-0.05, 0) is 50.2 Å². The number of aryl methyl sites for hydroxylation is 1. The normalized spacial score (nSPS) is 12.3. The molecule has 0 spiro atoms. The number of hydrogen-bond donors (Lipinski definition) is 1. The fourth-order valence-corrected chi connectivity index (χ4v) is 3.60. The first-order valence-corrected chi connectivity index (χ1v) is 9.58. The number of hydrogen-bond acceptors (Lipinski definition) is 4. The van der Waals surface area contributed by atoms with Crippen LogP contribution in [0.3, 0.4) is 0 Å². The molecule has 0 radical (unpaired) electrons. The molecule has 7 heteroatoms. The number of rotatable bonds is 6. The summed E-state index contributed by atoms with van der Waals surface area (Å²) in [4.78, 5) is 12.5. The van der Waals surface area contributed by atoms with Gasteiger partial charge in [0.15, 0.2) is 0 Å². The predicted molar refractivity (Wildman–Crippen MR) is 99.6 cm³/mol. The van der Waals surface area contributed by atoms with Crippen molar-refractivity contribution in [3.63, 3.8) is 0 Å². The van der Waals surface area contributed by atoms with Crippen molar-refractivity contribution in [3.05, 3.63) is 54.1 Å². The quantitative estimate of drug-likeness (QED) is 0.857. The molecule has 1 amide bonds. The highest BCUT2D eigenvalue weighted by Crippen LogP contribution is 2.24. The third-order valence-electron chi connectivity index (χ3n) is 3.73. The van der Waals surface area contributed by atoms with Crippen molar-refractivity contribution in [3.8, 4) is 5.75 Å². The van der Waals surface area contributed by atoms with Crippen LogP contribution in [0.1, 0.15) is 12.5 Å². The van der Waals surface area contributed by atoms with Crippen LogP contribution in [0, 0.1) is 6.92 Å². The van der Waals surface area contributed by atoms with Gasteiger partial charge in [0.25, 0.3) is 0 Å². The van der Waals surface area contributed by atoms with Crippen LogP contribution in [-0.4, -0.2) is 33.7 Å². The summed E-state index contributed by atoms with van der Waals surface area (Å²) in [6.45, 7) is 3.50. The molecule has 0 aliphatic carbocycles. The molecule has 0 aromatic heterocycles. The van der Waals surface area contributed by atoms with Crippen molar-refractivity contribution in [1.82, 2.24) is 0 Å². The van der Waals surface area contributed by atoms with Crippen LogP contribution in [0.15, 0.2) is 48.5 Å². The fraction of sp³-hybridized carbons (Fsp3) is 0.278. The Bertz CT molecular complexity index is 830. The number of carbonyl (C=O) groups is 1. The van der Waals surface area contributed by atoms with Gasteiger partial charge in [-0.1, -0.05) is 17.7 Å². The molecule has 1 N–H and O–H groups in total. The molecule has 0 aliphatic rings. The molecule has 25 heavy (non-hydrogen) atoms. The van der Waals surface area contributed by atoms with E-state index in [1.54, 1.807) is 43.3 Å². The van der Waals surface area contributed by atoms with Gasteiger partial charge in [-0.15, -0.1) is 0 Å². The number of ether oxygens (including phenoxy) is 1. The summed E-state index contributed by atoms with van der Waals surface area (Å²) in [5, 5.41) is 2.74. The molecule has 0 saturated heterocycles. The van der Waals surface area contributed by atoms with Gasteiger partial charge in [0.2, 0.25) is 15.9 Å². The number of sulfonamides is 1. The number of nitrogens with zero attached hydrogens (tertiary/aromatic N) is 1. The third kappa shape index (κ3) is 4.73. The van der Waals surface area contributed by atoms with Gasteiger partial charge in [-0.25, -0.2) is 8.42 Å². The predicted octanol–water partition coefficient (Wildman–Crippen LogP) is 2.80. The Balaban J connectivity index is 2.27. The van der Waals surface area contributed by atoms with Gasteiger partial charge in [-0.2, -0.15) is 0 Å². The lowest BCUT2D eigenvalue weighted by Gasteiger charge is -2.28. The van der Waals surface area contributed by atoms with E-state index < -0.39 is 22.0 Å². The van der Waals surface area contributed by atoms with Gasteiger partial charge in [0, 0.05) is 5.69 Å². The standard InChI is InChI=1S/C18H22N2O4S/c1-13-5-7-15(8-6-13)19-18(21)14(2)20(25(4,22)23)16-9-11-17(24-3)12-10-16/h5-12,14H,1-4H3,(H,19,21)/t14-/m1/s1. The zero-order valence-electron chi connectivity index (χ0n) is 14.7. The number of amides is 1. The maximum atomic E-state index is 12.5. The van der Waals surface area contributed by atoms with Gasteiger partial charge in [-0.3, -0.25) is 9.10 Å². The van der Waals surface area contributed by atoms with E-state index in [2.05, 4.69) is 5.32 Å². The molecular formula is C18H22N2O4S. The van der Waals surface area contributed by atoms with Crippen LogP contribution < -0.4 is 14.4 Å². The van der Waals surface area contributed by atoms with Crippen LogP contribution in [0.2, 0.25) is 0 Å². The van der Waals surface area contributed by atoms with Crippen molar-refractivity contribution >= 4 is 27.3 Å². The highest BCUT2D eigenvalue weighted by atomic mass is 32.2. The average Bonchev–Trinajstić information content (AvgIpc) is 2.56. The second kappa shape index (κ2) is 7.57. The minimum absolute atomic E-state index is 0.398. The monoisotopic (exact) mass is 362 g/mol. The van der Waals surface area contributed by atoms with E-state index in [0.717, 1.165) is 16.1 Å². The Hall–Kier alpha value is -2.54. The molecule has 0 unspecified atom stereocenters. The van der Waals surface area contributed by atoms with Crippen molar-refractivity contribution in [2.75, 3.05) is 23.0 Å². The van der Waals surface area contributed by atoms with E-state index in [9.17, 15) is 13.2 Å². The number of anilines is 2. The molecule has 1 atom stereocenters. The van der Waals surface area contributed by atoms with E-state index in [-0.39, 0.29) is 0 Å². The number of carbonyl (C=O) groups excluding carboxylic acids is 1. The van der Waals surface area contributed by atoms with Crippen LogP contribution >= 0.6 is 0 Å². The number of nitrogens with one attached hydrogen (secondary N) is 1. The minimum Gasteiger partial charge on any atom is -0.497 e. The average molecular weight is 362 g/mol. The van der Waals surface area contributed by atoms with Crippen LogP contribution in [0.25, 0.3) is 0 Å². The lowest BCUT2D eigenvalue weighted by molar-refractivity contribution is -0.116. The van der Waals surface area contributed by atoms with Gasteiger partial charge >= 0.3 is 0 Å². The largest absolute Gasteiger partial charge is 0.497 e. The molecule has 6 nitrogen and oxygen atoms in total. The summed E-state index contributed by atoms with van der Waals surface area (Å²) in [6.07, 6.45) is 1.08. The molecule has 2 rings (SSSR count). The van der Waals surface area contributed by atoms with Crippen molar-refractivity contribution in [2.45, 2.75) is 19.9 Å². The summed E-state index contributed by atoms with van der Waals surface area (Å²) in [7, 11) is -2.12. The van der Waals surface area contributed by atoms with Crippen LogP contribution in [0.4, 0.5) is 11.4 Å². The molecule has 2 aromatic carbocycles. The first kappa shape index (κ1) is 18.8. The maximum absolute atomic E-state index is 12.5. The number of methoxy groups -OCH3 is 1. The van der Waals surface area contributed by atoms with Gasteiger partial charge in [0.05, 0.1) is 19.1 Å². The van der Waals surface area contributed by atoms with E-state index in [1.165, 1.54) is 7.11 Å². The Labute approximate surface area is 148 Å². The molecule has 134 valence electrons. The Morgan fingerprint density at radius 3 is 2.12 bits per heavy atom. The summed E-state index contributed by atoms with van der Waals surface area (Å²) >= 11 is 0. The highest BCUT2D eigenvalue weighted by Gasteiger charge is 2.29. The van der Waals surface area contributed by atoms with Crippen LogP contribution in [0.5, 0.6) is 5.75 Å². The topological polar surface area (TPSA) is 75.7 Å². The summed E-state index contributed by atoms with van der Waals surface area (Å²) < 4.78 is 30.7. The van der Waals surface area contributed by atoms with E-state index >= 15 is 0 Å². The smallest absolute Gasteiger partial charge is 0.247 e. The molecule has 0 bridgehead atoms.